The molecule has 19 heavy (non-hydrogen) atoms. The zero-order valence-corrected chi connectivity index (χ0v) is 10.9. The van der Waals surface area contributed by atoms with Crippen LogP contribution in [0.1, 0.15) is 28.7 Å². The molecule has 1 atom stereocenters. The number of fused-ring (bicyclic) bond motifs is 1. The molecule has 1 aromatic heterocycles. The lowest BCUT2D eigenvalue weighted by Gasteiger charge is -2.28. The highest BCUT2D eigenvalue weighted by Gasteiger charge is 2.45. The minimum atomic E-state index is -0.691. The predicted molar refractivity (Wildman–Crippen MR) is 73.7 cm³/mol. The number of carbonyl (C=O) groups is 1. The lowest BCUT2D eigenvalue weighted by atomic mass is 9.73. The van der Waals surface area contributed by atoms with E-state index in [1.807, 2.05) is 31.2 Å². The third kappa shape index (κ3) is 1.58. The highest BCUT2D eigenvalue weighted by molar-refractivity contribution is 5.92. The van der Waals surface area contributed by atoms with Crippen molar-refractivity contribution in [3.8, 4) is 0 Å². The van der Waals surface area contributed by atoms with Crippen LogP contribution in [0.15, 0.2) is 42.7 Å². The number of rotatable bonds is 2. The highest BCUT2D eigenvalue weighted by atomic mass is 16.1. The number of hydrogen-bond acceptors (Lipinski definition) is 2. The van der Waals surface area contributed by atoms with Crippen LogP contribution in [0.25, 0.3) is 0 Å². The smallest absolute Gasteiger partial charge is 0.232 e. The van der Waals surface area contributed by atoms with E-state index in [9.17, 15) is 4.79 Å². The molecular weight excluding hydrogens is 236 g/mol. The summed E-state index contributed by atoms with van der Waals surface area (Å²) < 4.78 is 0. The molecule has 1 aliphatic carbocycles. The molecule has 0 aliphatic heterocycles. The number of nitrogens with two attached hydrogens (primary N) is 1. The number of pyridine rings is 1. The maximum atomic E-state index is 12.2. The summed E-state index contributed by atoms with van der Waals surface area (Å²) in [5.41, 5.74) is 9.37. The average molecular weight is 252 g/mol. The van der Waals surface area contributed by atoms with Crippen LogP contribution in [-0.2, 0) is 16.6 Å². The first-order valence-corrected chi connectivity index (χ1v) is 6.45. The zero-order valence-electron chi connectivity index (χ0n) is 10.9. The van der Waals surface area contributed by atoms with Crippen molar-refractivity contribution in [2.75, 3.05) is 0 Å². The van der Waals surface area contributed by atoms with E-state index in [2.05, 4.69) is 11.1 Å². The fraction of sp³-hybridized carbons (Fsp3) is 0.250. The van der Waals surface area contributed by atoms with Crippen molar-refractivity contribution >= 4 is 5.91 Å². The first kappa shape index (κ1) is 11.9. The van der Waals surface area contributed by atoms with Gasteiger partial charge in [0.2, 0.25) is 5.91 Å². The second kappa shape index (κ2) is 4.19. The summed E-state index contributed by atoms with van der Waals surface area (Å²) in [6, 6.07) is 10.00. The van der Waals surface area contributed by atoms with Crippen LogP contribution in [0.3, 0.4) is 0 Å². The monoisotopic (exact) mass is 252 g/mol. The van der Waals surface area contributed by atoms with Crippen molar-refractivity contribution in [1.29, 1.82) is 0 Å². The molecule has 1 aliphatic rings. The molecule has 1 heterocycles. The van der Waals surface area contributed by atoms with E-state index in [1.165, 1.54) is 5.56 Å². The van der Waals surface area contributed by atoms with Crippen molar-refractivity contribution in [3.63, 3.8) is 0 Å². The van der Waals surface area contributed by atoms with Gasteiger partial charge in [-0.25, -0.2) is 0 Å². The van der Waals surface area contributed by atoms with Crippen LogP contribution >= 0.6 is 0 Å². The molecule has 0 fully saturated rings. The van der Waals surface area contributed by atoms with Crippen LogP contribution in [0.5, 0.6) is 0 Å². The minimum Gasteiger partial charge on any atom is -0.369 e. The standard InChI is InChI=1S/C16H16N2O/c1-11-10-18-9-7-13(11)16(15(17)19)8-6-12-4-2-3-5-14(12)16/h2-5,7,9-10H,6,8H2,1H3,(H2,17,19). The molecule has 0 saturated carbocycles. The van der Waals surface area contributed by atoms with Crippen LogP contribution < -0.4 is 5.73 Å². The Balaban J connectivity index is 2.30. The fourth-order valence-corrected chi connectivity index (χ4v) is 3.23. The molecule has 1 unspecified atom stereocenters. The third-order valence-corrected chi connectivity index (χ3v) is 4.15. The molecule has 2 N–H and O–H groups in total. The van der Waals surface area contributed by atoms with Gasteiger partial charge in [0, 0.05) is 12.4 Å². The molecule has 3 rings (SSSR count). The Morgan fingerprint density at radius 2 is 2.05 bits per heavy atom. The molecule has 0 bridgehead atoms. The Hall–Kier alpha value is -2.16. The maximum Gasteiger partial charge on any atom is 0.232 e. The van der Waals surface area contributed by atoms with Crippen molar-refractivity contribution in [2.24, 2.45) is 5.73 Å². The number of primary amides is 1. The number of aromatic nitrogens is 1. The summed E-state index contributed by atoms with van der Waals surface area (Å²) in [7, 11) is 0. The van der Waals surface area contributed by atoms with Crippen molar-refractivity contribution in [2.45, 2.75) is 25.2 Å². The number of hydrogen-bond donors (Lipinski definition) is 1. The molecule has 1 amide bonds. The Kier molecular flexibility index (Phi) is 2.63. The van der Waals surface area contributed by atoms with E-state index >= 15 is 0 Å². The summed E-state index contributed by atoms with van der Waals surface area (Å²) in [5.74, 6) is -0.272. The summed E-state index contributed by atoms with van der Waals surface area (Å²) in [5, 5.41) is 0. The summed E-state index contributed by atoms with van der Waals surface area (Å²) in [6.45, 7) is 1.98. The van der Waals surface area contributed by atoms with E-state index in [4.69, 9.17) is 5.73 Å². The molecule has 0 radical (unpaired) electrons. The first-order valence-electron chi connectivity index (χ1n) is 6.45. The van der Waals surface area contributed by atoms with Crippen LogP contribution in [0.2, 0.25) is 0 Å². The van der Waals surface area contributed by atoms with Gasteiger partial charge in [-0.3, -0.25) is 9.78 Å². The molecule has 3 nitrogen and oxygen atoms in total. The van der Waals surface area contributed by atoms with Gasteiger partial charge in [-0.05, 0) is 48.1 Å². The molecule has 1 aromatic carbocycles. The van der Waals surface area contributed by atoms with Gasteiger partial charge >= 0.3 is 0 Å². The van der Waals surface area contributed by atoms with Gasteiger partial charge in [0.05, 0.1) is 5.41 Å². The number of aryl methyl sites for hydroxylation is 2. The highest BCUT2D eigenvalue weighted by Crippen LogP contribution is 2.44. The summed E-state index contributed by atoms with van der Waals surface area (Å²) in [4.78, 5) is 16.4. The van der Waals surface area contributed by atoms with Gasteiger partial charge < -0.3 is 5.73 Å². The number of carbonyl (C=O) groups excluding carboxylic acids is 1. The van der Waals surface area contributed by atoms with Crippen molar-refractivity contribution in [1.82, 2.24) is 4.98 Å². The van der Waals surface area contributed by atoms with E-state index in [0.717, 1.165) is 29.5 Å². The van der Waals surface area contributed by atoms with Gasteiger partial charge in [0.15, 0.2) is 0 Å². The largest absolute Gasteiger partial charge is 0.369 e. The third-order valence-electron chi connectivity index (χ3n) is 4.15. The molecule has 0 saturated heterocycles. The minimum absolute atomic E-state index is 0.272. The number of nitrogens with zero attached hydrogens (tertiary/aromatic N) is 1. The second-order valence-corrected chi connectivity index (χ2v) is 5.12. The van der Waals surface area contributed by atoms with Gasteiger partial charge in [-0.1, -0.05) is 24.3 Å². The topological polar surface area (TPSA) is 56.0 Å². The molecule has 3 heteroatoms. The van der Waals surface area contributed by atoms with Gasteiger partial charge in [-0.2, -0.15) is 0 Å². The Bertz CT molecular complexity index is 651. The van der Waals surface area contributed by atoms with Crippen molar-refractivity contribution in [3.05, 3.63) is 65.0 Å². The maximum absolute atomic E-state index is 12.2. The Morgan fingerprint density at radius 1 is 1.26 bits per heavy atom. The predicted octanol–water partition coefficient (Wildman–Crippen LogP) is 2.11. The van der Waals surface area contributed by atoms with Crippen molar-refractivity contribution < 1.29 is 4.79 Å². The van der Waals surface area contributed by atoms with E-state index in [1.54, 1.807) is 12.4 Å². The number of benzene rings is 1. The second-order valence-electron chi connectivity index (χ2n) is 5.12. The average Bonchev–Trinajstić information content (AvgIpc) is 2.80. The zero-order chi connectivity index (χ0) is 13.5. The quantitative estimate of drug-likeness (QED) is 0.890. The molecule has 0 spiro atoms. The molecule has 96 valence electrons. The fourth-order valence-electron chi connectivity index (χ4n) is 3.23. The van der Waals surface area contributed by atoms with Crippen LogP contribution in [0.4, 0.5) is 0 Å². The van der Waals surface area contributed by atoms with Gasteiger partial charge in [-0.15, -0.1) is 0 Å². The SMILES string of the molecule is Cc1cnccc1C1(C(N)=O)CCc2ccccc21. The summed E-state index contributed by atoms with van der Waals surface area (Å²) in [6.07, 6.45) is 5.16. The van der Waals surface area contributed by atoms with E-state index in [-0.39, 0.29) is 5.91 Å². The lowest BCUT2D eigenvalue weighted by Crippen LogP contribution is -2.41. The Morgan fingerprint density at radius 3 is 2.79 bits per heavy atom. The van der Waals surface area contributed by atoms with Crippen LogP contribution in [0, 0.1) is 6.92 Å². The van der Waals surface area contributed by atoms with E-state index in [0.29, 0.717) is 0 Å². The molecular formula is C16H16N2O. The lowest BCUT2D eigenvalue weighted by molar-refractivity contribution is -0.122. The van der Waals surface area contributed by atoms with Gasteiger partial charge in [0.25, 0.3) is 0 Å². The normalized spacial score (nSPS) is 21.1. The first-order chi connectivity index (χ1) is 9.16. The Labute approximate surface area is 112 Å². The molecule has 2 aromatic rings. The summed E-state index contributed by atoms with van der Waals surface area (Å²) >= 11 is 0. The van der Waals surface area contributed by atoms with Gasteiger partial charge in [0.1, 0.15) is 0 Å². The number of amides is 1. The van der Waals surface area contributed by atoms with E-state index < -0.39 is 5.41 Å². The van der Waals surface area contributed by atoms with Crippen LogP contribution in [-0.4, -0.2) is 10.9 Å².